The maximum absolute atomic E-state index is 13.3. The molecule has 17 heavy (non-hydrogen) atoms. The summed E-state index contributed by atoms with van der Waals surface area (Å²) in [5.74, 6) is -0.502. The molecule has 1 saturated heterocycles. The van der Waals surface area contributed by atoms with Crippen LogP contribution in [0.3, 0.4) is 0 Å². The second kappa shape index (κ2) is 4.72. The normalized spacial score (nSPS) is 20.7. The Hall–Kier alpha value is -0.980. The van der Waals surface area contributed by atoms with Gasteiger partial charge in [0.25, 0.3) is 0 Å². The van der Waals surface area contributed by atoms with Crippen molar-refractivity contribution in [3.63, 3.8) is 0 Å². The third-order valence-corrected chi connectivity index (χ3v) is 4.55. The molecule has 2 N–H and O–H groups in total. The van der Waals surface area contributed by atoms with Crippen LogP contribution in [0.5, 0.6) is 0 Å². The molecule has 0 radical (unpaired) electrons. The van der Waals surface area contributed by atoms with Gasteiger partial charge in [-0.1, -0.05) is 6.07 Å². The molecule has 1 heterocycles. The summed E-state index contributed by atoms with van der Waals surface area (Å²) in [5.41, 5.74) is 0.158. The number of sulfonamides is 1. The van der Waals surface area contributed by atoms with Crippen LogP contribution in [-0.2, 0) is 10.0 Å². The lowest BCUT2D eigenvalue weighted by atomic mass is 10.2. The standard InChI is InChI=1S/C11H15FN2O2S/c1-8-10(12)3-2-4-11(8)17(15,16)14-9-5-6-13-7-9/h2-4,9,13-14H,5-7H2,1H3. The van der Waals surface area contributed by atoms with Crippen LogP contribution >= 0.6 is 0 Å². The Balaban J connectivity index is 2.28. The van der Waals surface area contributed by atoms with Crippen molar-refractivity contribution in [1.29, 1.82) is 0 Å². The average molecular weight is 258 g/mol. The molecule has 1 aromatic rings. The van der Waals surface area contributed by atoms with E-state index in [1.807, 2.05) is 0 Å². The summed E-state index contributed by atoms with van der Waals surface area (Å²) >= 11 is 0. The van der Waals surface area contributed by atoms with Crippen LogP contribution in [0.1, 0.15) is 12.0 Å². The van der Waals surface area contributed by atoms with Gasteiger partial charge < -0.3 is 5.32 Å². The second-order valence-corrected chi connectivity index (χ2v) is 5.86. The molecule has 4 nitrogen and oxygen atoms in total. The predicted molar refractivity (Wildman–Crippen MR) is 62.7 cm³/mol. The van der Waals surface area contributed by atoms with E-state index in [2.05, 4.69) is 10.0 Å². The van der Waals surface area contributed by atoms with Crippen molar-refractivity contribution in [2.45, 2.75) is 24.3 Å². The molecule has 0 saturated carbocycles. The van der Waals surface area contributed by atoms with Crippen LogP contribution in [0.4, 0.5) is 4.39 Å². The lowest BCUT2D eigenvalue weighted by Crippen LogP contribution is -2.36. The zero-order valence-corrected chi connectivity index (χ0v) is 10.3. The van der Waals surface area contributed by atoms with E-state index >= 15 is 0 Å². The van der Waals surface area contributed by atoms with Crippen LogP contribution in [0.2, 0.25) is 0 Å². The second-order valence-electron chi connectivity index (χ2n) is 4.17. The van der Waals surface area contributed by atoms with E-state index in [1.165, 1.54) is 25.1 Å². The molecule has 94 valence electrons. The fourth-order valence-corrected chi connectivity index (χ4v) is 3.44. The van der Waals surface area contributed by atoms with Crippen molar-refractivity contribution in [2.75, 3.05) is 13.1 Å². The Morgan fingerprint density at radius 3 is 2.88 bits per heavy atom. The van der Waals surface area contributed by atoms with Gasteiger partial charge in [-0.15, -0.1) is 0 Å². The fraction of sp³-hybridized carbons (Fsp3) is 0.455. The largest absolute Gasteiger partial charge is 0.315 e. The van der Waals surface area contributed by atoms with Gasteiger partial charge in [-0.25, -0.2) is 17.5 Å². The molecule has 0 aromatic heterocycles. The van der Waals surface area contributed by atoms with Crippen molar-refractivity contribution in [1.82, 2.24) is 10.0 Å². The van der Waals surface area contributed by atoms with Crippen LogP contribution < -0.4 is 10.0 Å². The van der Waals surface area contributed by atoms with Crippen molar-refractivity contribution in [3.8, 4) is 0 Å². The van der Waals surface area contributed by atoms with Crippen molar-refractivity contribution >= 4 is 10.0 Å². The van der Waals surface area contributed by atoms with Gasteiger partial charge in [-0.05, 0) is 32.0 Å². The molecule has 1 aromatic carbocycles. The Bertz CT molecular complexity index is 510. The van der Waals surface area contributed by atoms with Crippen LogP contribution in [-0.4, -0.2) is 27.5 Å². The monoisotopic (exact) mass is 258 g/mol. The fourth-order valence-electron chi connectivity index (χ4n) is 1.92. The first-order valence-corrected chi connectivity index (χ1v) is 6.97. The summed E-state index contributed by atoms with van der Waals surface area (Å²) in [6, 6.07) is 3.97. The zero-order chi connectivity index (χ0) is 12.5. The lowest BCUT2D eigenvalue weighted by Gasteiger charge is -2.13. The molecular weight excluding hydrogens is 243 g/mol. The van der Waals surface area contributed by atoms with E-state index < -0.39 is 15.8 Å². The van der Waals surface area contributed by atoms with Crippen LogP contribution in [0.25, 0.3) is 0 Å². The maximum Gasteiger partial charge on any atom is 0.241 e. The topological polar surface area (TPSA) is 58.2 Å². The van der Waals surface area contributed by atoms with Gasteiger partial charge in [0.2, 0.25) is 10.0 Å². The molecule has 0 bridgehead atoms. The molecule has 0 spiro atoms. The molecule has 1 aliphatic rings. The number of hydrogen-bond acceptors (Lipinski definition) is 3. The van der Waals surface area contributed by atoms with Crippen LogP contribution in [0, 0.1) is 12.7 Å². The highest BCUT2D eigenvalue weighted by molar-refractivity contribution is 7.89. The van der Waals surface area contributed by atoms with Gasteiger partial charge in [-0.2, -0.15) is 0 Å². The van der Waals surface area contributed by atoms with Crippen molar-refractivity contribution < 1.29 is 12.8 Å². The zero-order valence-electron chi connectivity index (χ0n) is 9.53. The summed E-state index contributed by atoms with van der Waals surface area (Å²) in [6.07, 6.45) is 0.758. The number of benzene rings is 1. The first-order valence-electron chi connectivity index (χ1n) is 5.49. The molecule has 1 unspecified atom stereocenters. The first kappa shape index (κ1) is 12.5. The Morgan fingerprint density at radius 2 is 2.24 bits per heavy atom. The highest BCUT2D eigenvalue weighted by atomic mass is 32.2. The van der Waals surface area contributed by atoms with E-state index in [4.69, 9.17) is 0 Å². The Labute approximate surface area is 100 Å². The van der Waals surface area contributed by atoms with E-state index in [-0.39, 0.29) is 16.5 Å². The summed E-state index contributed by atoms with van der Waals surface area (Å²) in [4.78, 5) is 0.0180. The molecule has 0 aliphatic carbocycles. The molecule has 6 heteroatoms. The molecule has 1 atom stereocenters. The Morgan fingerprint density at radius 1 is 1.47 bits per heavy atom. The van der Waals surface area contributed by atoms with Gasteiger partial charge in [0.15, 0.2) is 0 Å². The SMILES string of the molecule is Cc1c(F)cccc1S(=O)(=O)NC1CCNC1. The third-order valence-electron chi connectivity index (χ3n) is 2.89. The maximum atomic E-state index is 13.3. The minimum atomic E-state index is -3.63. The highest BCUT2D eigenvalue weighted by Gasteiger charge is 2.24. The number of rotatable bonds is 3. The molecular formula is C11H15FN2O2S. The third kappa shape index (κ3) is 2.65. The van der Waals surface area contributed by atoms with Crippen LogP contribution in [0.15, 0.2) is 23.1 Å². The molecule has 1 fully saturated rings. The average Bonchev–Trinajstić information content (AvgIpc) is 2.73. The minimum absolute atomic E-state index is 0.0180. The lowest BCUT2D eigenvalue weighted by molar-refractivity contribution is 0.555. The number of hydrogen-bond donors (Lipinski definition) is 2. The molecule has 0 amide bonds. The summed E-state index contributed by atoms with van der Waals surface area (Å²) < 4.78 is 40.0. The number of halogens is 1. The van der Waals surface area contributed by atoms with E-state index in [0.29, 0.717) is 6.54 Å². The van der Waals surface area contributed by atoms with Gasteiger partial charge in [0.05, 0.1) is 4.90 Å². The van der Waals surface area contributed by atoms with E-state index in [9.17, 15) is 12.8 Å². The predicted octanol–water partition coefficient (Wildman–Crippen LogP) is 0.774. The van der Waals surface area contributed by atoms with Gasteiger partial charge in [0, 0.05) is 18.2 Å². The molecule has 2 rings (SSSR count). The van der Waals surface area contributed by atoms with E-state index in [1.54, 1.807) is 0 Å². The quantitative estimate of drug-likeness (QED) is 0.842. The van der Waals surface area contributed by atoms with E-state index in [0.717, 1.165) is 13.0 Å². The smallest absolute Gasteiger partial charge is 0.241 e. The van der Waals surface area contributed by atoms with Gasteiger partial charge in [-0.3, -0.25) is 0 Å². The van der Waals surface area contributed by atoms with Crippen molar-refractivity contribution in [2.24, 2.45) is 0 Å². The minimum Gasteiger partial charge on any atom is -0.315 e. The molecule has 1 aliphatic heterocycles. The number of nitrogens with one attached hydrogen (secondary N) is 2. The first-order chi connectivity index (χ1) is 8.00. The van der Waals surface area contributed by atoms with Crippen molar-refractivity contribution in [3.05, 3.63) is 29.6 Å². The summed E-state index contributed by atoms with van der Waals surface area (Å²) in [5, 5.41) is 3.07. The van der Waals surface area contributed by atoms with Gasteiger partial charge >= 0.3 is 0 Å². The summed E-state index contributed by atoms with van der Waals surface area (Å²) in [7, 11) is -3.63. The summed E-state index contributed by atoms with van der Waals surface area (Å²) in [6.45, 7) is 2.89. The highest BCUT2D eigenvalue weighted by Crippen LogP contribution is 2.18. The van der Waals surface area contributed by atoms with Gasteiger partial charge in [0.1, 0.15) is 5.82 Å². The Kier molecular flexibility index (Phi) is 3.46.